The lowest BCUT2D eigenvalue weighted by molar-refractivity contribution is 0.312. The molecule has 3 N–H and O–H groups in total. The van der Waals surface area contributed by atoms with Gasteiger partial charge < -0.3 is 4.74 Å². The summed E-state index contributed by atoms with van der Waals surface area (Å²) >= 11 is 1.39. The van der Waals surface area contributed by atoms with Gasteiger partial charge in [-0.25, -0.2) is 5.43 Å². The molecular formula is C15H22N4OS. The summed E-state index contributed by atoms with van der Waals surface area (Å²) < 4.78 is 9.92. The van der Waals surface area contributed by atoms with E-state index in [1.807, 2.05) is 24.3 Å². The van der Waals surface area contributed by atoms with Crippen LogP contribution in [0.2, 0.25) is 0 Å². The van der Waals surface area contributed by atoms with Gasteiger partial charge >= 0.3 is 0 Å². The van der Waals surface area contributed by atoms with Gasteiger partial charge in [0.05, 0.1) is 23.2 Å². The first-order valence-electron chi connectivity index (χ1n) is 7.30. The Hall–Kier alpha value is -1.50. The molecule has 0 saturated carbocycles. The zero-order valence-electron chi connectivity index (χ0n) is 12.5. The molecule has 1 aromatic heterocycles. The standard InChI is InChI=1S/C15H22N4OS/c1-3-7-12-15(21-19-18-12)14(17-16)11-8-5-6-9-13(11)20-10-4-2/h5-6,8-9,14,17H,3-4,7,10,16H2,1-2H3. The third-order valence-corrected chi connectivity index (χ3v) is 4.02. The van der Waals surface area contributed by atoms with Crippen molar-refractivity contribution in [2.45, 2.75) is 39.2 Å². The van der Waals surface area contributed by atoms with Crippen LogP contribution in [0.15, 0.2) is 24.3 Å². The van der Waals surface area contributed by atoms with Crippen molar-refractivity contribution >= 4 is 11.5 Å². The minimum atomic E-state index is -0.139. The first-order valence-corrected chi connectivity index (χ1v) is 8.08. The van der Waals surface area contributed by atoms with Gasteiger partial charge in [0.25, 0.3) is 0 Å². The Kier molecular flexibility index (Phi) is 6.10. The smallest absolute Gasteiger partial charge is 0.124 e. The molecule has 2 aromatic rings. The number of hydrazine groups is 1. The maximum atomic E-state index is 5.84. The molecule has 114 valence electrons. The van der Waals surface area contributed by atoms with Crippen molar-refractivity contribution in [1.82, 2.24) is 15.0 Å². The molecule has 1 aromatic carbocycles. The molecule has 0 aliphatic carbocycles. The zero-order valence-corrected chi connectivity index (χ0v) is 13.3. The maximum Gasteiger partial charge on any atom is 0.124 e. The summed E-state index contributed by atoms with van der Waals surface area (Å²) in [5.41, 5.74) is 4.92. The van der Waals surface area contributed by atoms with Crippen LogP contribution >= 0.6 is 11.5 Å². The van der Waals surface area contributed by atoms with E-state index in [4.69, 9.17) is 10.6 Å². The van der Waals surface area contributed by atoms with Crippen LogP contribution in [0.5, 0.6) is 5.75 Å². The Labute approximate surface area is 129 Å². The third kappa shape index (κ3) is 3.78. The Morgan fingerprint density at radius 2 is 2.10 bits per heavy atom. The van der Waals surface area contributed by atoms with E-state index < -0.39 is 0 Å². The van der Waals surface area contributed by atoms with E-state index in [0.29, 0.717) is 6.61 Å². The molecule has 21 heavy (non-hydrogen) atoms. The zero-order chi connectivity index (χ0) is 15.1. The molecule has 1 heterocycles. The van der Waals surface area contributed by atoms with Crippen molar-refractivity contribution in [3.63, 3.8) is 0 Å². The minimum absolute atomic E-state index is 0.139. The van der Waals surface area contributed by atoms with Gasteiger partial charge in [0.1, 0.15) is 5.75 Å². The topological polar surface area (TPSA) is 73.1 Å². The van der Waals surface area contributed by atoms with E-state index in [-0.39, 0.29) is 6.04 Å². The van der Waals surface area contributed by atoms with Crippen LogP contribution in [-0.2, 0) is 6.42 Å². The van der Waals surface area contributed by atoms with E-state index >= 15 is 0 Å². The number of ether oxygens (including phenoxy) is 1. The summed E-state index contributed by atoms with van der Waals surface area (Å²) in [5.74, 6) is 6.66. The van der Waals surface area contributed by atoms with E-state index in [1.165, 1.54) is 11.5 Å². The molecule has 6 heteroatoms. The van der Waals surface area contributed by atoms with Gasteiger partial charge in [-0.05, 0) is 30.4 Å². The molecule has 1 atom stereocenters. The molecule has 5 nitrogen and oxygen atoms in total. The Morgan fingerprint density at radius 1 is 1.29 bits per heavy atom. The van der Waals surface area contributed by atoms with Crippen LogP contribution in [0, 0.1) is 0 Å². The number of rotatable bonds is 8. The molecule has 0 bridgehead atoms. The van der Waals surface area contributed by atoms with Crippen LogP contribution in [0.25, 0.3) is 0 Å². The van der Waals surface area contributed by atoms with Crippen molar-refractivity contribution in [2.24, 2.45) is 5.84 Å². The van der Waals surface area contributed by atoms with Crippen molar-refractivity contribution in [3.8, 4) is 5.75 Å². The number of nitrogens with one attached hydrogen (secondary N) is 1. The predicted molar refractivity (Wildman–Crippen MR) is 85.3 cm³/mol. The predicted octanol–water partition coefficient (Wildman–Crippen LogP) is 2.83. The molecule has 0 aliphatic rings. The minimum Gasteiger partial charge on any atom is -0.493 e. The van der Waals surface area contributed by atoms with Crippen molar-refractivity contribution in [3.05, 3.63) is 40.4 Å². The summed E-state index contributed by atoms with van der Waals surface area (Å²) in [6, 6.07) is 7.83. The van der Waals surface area contributed by atoms with Gasteiger partial charge in [-0.3, -0.25) is 5.84 Å². The van der Waals surface area contributed by atoms with Crippen molar-refractivity contribution in [2.75, 3.05) is 6.61 Å². The van der Waals surface area contributed by atoms with Crippen LogP contribution in [0.3, 0.4) is 0 Å². The van der Waals surface area contributed by atoms with Crippen LogP contribution in [-0.4, -0.2) is 16.2 Å². The number of nitrogens with two attached hydrogens (primary N) is 1. The number of hydrogen-bond donors (Lipinski definition) is 2. The quantitative estimate of drug-likeness (QED) is 0.579. The second kappa shape index (κ2) is 8.07. The number of benzene rings is 1. The first kappa shape index (κ1) is 15.9. The number of aryl methyl sites for hydroxylation is 1. The van der Waals surface area contributed by atoms with Crippen molar-refractivity contribution < 1.29 is 4.74 Å². The SMILES string of the molecule is CCCOc1ccccc1C(NN)c1snnc1CCC. The number of hydrogen-bond acceptors (Lipinski definition) is 6. The average molecular weight is 306 g/mol. The molecule has 1 unspecified atom stereocenters. The molecule has 0 radical (unpaired) electrons. The molecule has 0 amide bonds. The molecule has 0 saturated heterocycles. The molecular weight excluding hydrogens is 284 g/mol. The van der Waals surface area contributed by atoms with Gasteiger partial charge in [-0.2, -0.15) is 0 Å². The summed E-state index contributed by atoms with van der Waals surface area (Å²) in [7, 11) is 0. The first-order chi connectivity index (χ1) is 10.3. The summed E-state index contributed by atoms with van der Waals surface area (Å²) in [4.78, 5) is 1.06. The Morgan fingerprint density at radius 3 is 2.81 bits per heavy atom. The monoisotopic (exact) mass is 306 g/mol. The number of nitrogens with zero attached hydrogens (tertiary/aromatic N) is 2. The third-order valence-electron chi connectivity index (χ3n) is 3.19. The number of aromatic nitrogens is 2. The summed E-state index contributed by atoms with van der Waals surface area (Å²) in [6.07, 6.45) is 2.91. The van der Waals surface area contributed by atoms with Gasteiger partial charge in [-0.15, -0.1) is 5.10 Å². The van der Waals surface area contributed by atoms with E-state index in [0.717, 1.165) is 41.1 Å². The van der Waals surface area contributed by atoms with Crippen LogP contribution in [0.1, 0.15) is 48.9 Å². The molecule has 2 rings (SSSR count). The van der Waals surface area contributed by atoms with Crippen LogP contribution < -0.4 is 16.0 Å². The Bertz CT molecular complexity index is 558. The van der Waals surface area contributed by atoms with Gasteiger partial charge in [-0.1, -0.05) is 43.0 Å². The fourth-order valence-electron chi connectivity index (χ4n) is 2.21. The molecule has 0 spiro atoms. The Balaban J connectivity index is 2.34. The normalized spacial score (nSPS) is 12.3. The summed E-state index contributed by atoms with van der Waals surface area (Å²) in [6.45, 7) is 4.91. The molecule has 0 fully saturated rings. The lowest BCUT2D eigenvalue weighted by Gasteiger charge is -2.19. The lowest BCUT2D eigenvalue weighted by atomic mass is 10.0. The van der Waals surface area contributed by atoms with Gasteiger partial charge in [0, 0.05) is 5.56 Å². The highest BCUT2D eigenvalue weighted by atomic mass is 32.1. The summed E-state index contributed by atoms with van der Waals surface area (Å²) in [5, 5.41) is 4.22. The lowest BCUT2D eigenvalue weighted by Crippen LogP contribution is -2.29. The highest BCUT2D eigenvalue weighted by Gasteiger charge is 2.22. The average Bonchev–Trinajstić information content (AvgIpc) is 2.96. The fourth-order valence-corrected chi connectivity index (χ4v) is 2.99. The highest BCUT2D eigenvalue weighted by molar-refractivity contribution is 7.05. The highest BCUT2D eigenvalue weighted by Crippen LogP contribution is 2.33. The van der Waals surface area contributed by atoms with Crippen LogP contribution in [0.4, 0.5) is 0 Å². The van der Waals surface area contributed by atoms with Gasteiger partial charge in [0.15, 0.2) is 0 Å². The van der Waals surface area contributed by atoms with Crippen molar-refractivity contribution in [1.29, 1.82) is 0 Å². The number of para-hydroxylation sites is 1. The second-order valence-electron chi connectivity index (χ2n) is 4.82. The van der Waals surface area contributed by atoms with E-state index in [9.17, 15) is 0 Å². The van der Waals surface area contributed by atoms with E-state index in [1.54, 1.807) is 0 Å². The maximum absolute atomic E-state index is 5.84. The fraction of sp³-hybridized carbons (Fsp3) is 0.467. The van der Waals surface area contributed by atoms with E-state index in [2.05, 4.69) is 28.9 Å². The van der Waals surface area contributed by atoms with Gasteiger partial charge in [0.2, 0.25) is 0 Å². The largest absolute Gasteiger partial charge is 0.493 e. The molecule has 0 aliphatic heterocycles. The second-order valence-corrected chi connectivity index (χ2v) is 5.61.